The van der Waals surface area contributed by atoms with Gasteiger partial charge in [0, 0.05) is 25.2 Å². The molecule has 0 aromatic heterocycles. The lowest BCUT2D eigenvalue weighted by Gasteiger charge is -2.17. The van der Waals surface area contributed by atoms with Crippen molar-refractivity contribution in [3.05, 3.63) is 29.8 Å². The summed E-state index contributed by atoms with van der Waals surface area (Å²) in [5.41, 5.74) is 7.80. The molecule has 0 aliphatic rings. The first-order valence-corrected chi connectivity index (χ1v) is 6.09. The third kappa shape index (κ3) is 4.57. The van der Waals surface area contributed by atoms with Gasteiger partial charge in [-0.2, -0.15) is 0 Å². The maximum absolute atomic E-state index is 11.9. The Kier molecular flexibility index (Phi) is 5.16. The Bertz CT molecular complexity index is 357. The van der Waals surface area contributed by atoms with Crippen LogP contribution in [0.2, 0.25) is 0 Å². The number of aryl methyl sites for hydroxylation is 1. The zero-order valence-electron chi connectivity index (χ0n) is 10.9. The number of carbonyl (C=O) groups is 1. The number of carbonyl (C=O) groups excluding carboxylic acids is 1. The molecule has 1 aromatic carbocycles. The standard InChI is InChI=1S/C14H22N2O/c1-11-7-9-13(10-8-11)16(3)14(17)6-4-5-12(2)15/h7-10,12H,4-6,15H2,1-3H3. The van der Waals surface area contributed by atoms with Crippen LogP contribution in [0.5, 0.6) is 0 Å². The van der Waals surface area contributed by atoms with Gasteiger partial charge in [-0.25, -0.2) is 0 Å². The van der Waals surface area contributed by atoms with Crippen molar-refractivity contribution in [2.24, 2.45) is 5.73 Å². The molecular formula is C14H22N2O. The second-order valence-electron chi connectivity index (χ2n) is 4.66. The Morgan fingerprint density at radius 1 is 1.35 bits per heavy atom. The van der Waals surface area contributed by atoms with Crippen molar-refractivity contribution in [1.29, 1.82) is 0 Å². The van der Waals surface area contributed by atoms with E-state index in [2.05, 4.69) is 0 Å². The van der Waals surface area contributed by atoms with Gasteiger partial charge in [-0.05, 0) is 38.8 Å². The van der Waals surface area contributed by atoms with Crippen molar-refractivity contribution < 1.29 is 4.79 Å². The molecule has 1 atom stereocenters. The Hall–Kier alpha value is -1.35. The van der Waals surface area contributed by atoms with E-state index < -0.39 is 0 Å². The molecular weight excluding hydrogens is 212 g/mol. The molecule has 0 saturated carbocycles. The maximum Gasteiger partial charge on any atom is 0.226 e. The highest BCUT2D eigenvalue weighted by molar-refractivity contribution is 5.92. The van der Waals surface area contributed by atoms with Gasteiger partial charge in [-0.3, -0.25) is 4.79 Å². The second kappa shape index (κ2) is 6.40. The van der Waals surface area contributed by atoms with E-state index >= 15 is 0 Å². The summed E-state index contributed by atoms with van der Waals surface area (Å²) in [6.45, 7) is 4.00. The molecule has 1 amide bonds. The van der Waals surface area contributed by atoms with Gasteiger partial charge in [0.1, 0.15) is 0 Å². The number of rotatable bonds is 5. The zero-order chi connectivity index (χ0) is 12.8. The minimum atomic E-state index is 0.148. The number of nitrogens with zero attached hydrogens (tertiary/aromatic N) is 1. The van der Waals surface area contributed by atoms with Gasteiger partial charge in [0.15, 0.2) is 0 Å². The van der Waals surface area contributed by atoms with Crippen LogP contribution in [0.1, 0.15) is 31.7 Å². The van der Waals surface area contributed by atoms with E-state index in [-0.39, 0.29) is 11.9 Å². The van der Waals surface area contributed by atoms with Gasteiger partial charge >= 0.3 is 0 Å². The van der Waals surface area contributed by atoms with E-state index in [0.29, 0.717) is 6.42 Å². The van der Waals surface area contributed by atoms with E-state index in [1.54, 1.807) is 4.90 Å². The summed E-state index contributed by atoms with van der Waals surface area (Å²) in [5, 5.41) is 0. The van der Waals surface area contributed by atoms with Crippen molar-refractivity contribution in [1.82, 2.24) is 0 Å². The molecule has 0 bridgehead atoms. The van der Waals surface area contributed by atoms with E-state index in [0.717, 1.165) is 18.5 Å². The number of amides is 1. The van der Waals surface area contributed by atoms with Crippen LogP contribution in [0.4, 0.5) is 5.69 Å². The number of hydrogen-bond acceptors (Lipinski definition) is 2. The summed E-state index contributed by atoms with van der Waals surface area (Å²) in [4.78, 5) is 13.6. The molecule has 0 aliphatic heterocycles. The van der Waals surface area contributed by atoms with E-state index in [9.17, 15) is 4.79 Å². The second-order valence-corrected chi connectivity index (χ2v) is 4.66. The molecule has 94 valence electrons. The van der Waals surface area contributed by atoms with Crippen LogP contribution in [-0.4, -0.2) is 19.0 Å². The lowest BCUT2D eigenvalue weighted by Crippen LogP contribution is -2.26. The van der Waals surface area contributed by atoms with Crippen LogP contribution in [0, 0.1) is 6.92 Å². The summed E-state index contributed by atoms with van der Waals surface area (Å²) in [7, 11) is 1.82. The number of benzene rings is 1. The average molecular weight is 234 g/mol. The van der Waals surface area contributed by atoms with Crippen molar-refractivity contribution in [2.45, 2.75) is 39.2 Å². The summed E-state index contributed by atoms with van der Waals surface area (Å²) in [6.07, 6.45) is 2.31. The highest BCUT2D eigenvalue weighted by Crippen LogP contribution is 2.15. The highest BCUT2D eigenvalue weighted by atomic mass is 16.2. The Morgan fingerprint density at radius 2 is 1.94 bits per heavy atom. The molecule has 1 unspecified atom stereocenters. The van der Waals surface area contributed by atoms with Crippen molar-refractivity contribution in [2.75, 3.05) is 11.9 Å². The molecule has 17 heavy (non-hydrogen) atoms. The quantitative estimate of drug-likeness (QED) is 0.850. The first-order valence-electron chi connectivity index (χ1n) is 6.09. The van der Waals surface area contributed by atoms with Gasteiger partial charge in [-0.1, -0.05) is 17.7 Å². The smallest absolute Gasteiger partial charge is 0.226 e. The first kappa shape index (κ1) is 13.7. The molecule has 3 heteroatoms. The summed E-state index contributed by atoms with van der Waals surface area (Å²) >= 11 is 0. The Morgan fingerprint density at radius 3 is 2.47 bits per heavy atom. The molecule has 2 N–H and O–H groups in total. The fraction of sp³-hybridized carbons (Fsp3) is 0.500. The van der Waals surface area contributed by atoms with Crippen LogP contribution in [0.3, 0.4) is 0 Å². The largest absolute Gasteiger partial charge is 0.328 e. The topological polar surface area (TPSA) is 46.3 Å². The minimum absolute atomic E-state index is 0.148. The van der Waals surface area contributed by atoms with Gasteiger partial charge < -0.3 is 10.6 Å². The molecule has 0 heterocycles. The monoisotopic (exact) mass is 234 g/mol. The third-order valence-electron chi connectivity index (χ3n) is 2.85. The normalized spacial score (nSPS) is 12.2. The highest BCUT2D eigenvalue weighted by Gasteiger charge is 2.10. The zero-order valence-corrected chi connectivity index (χ0v) is 10.9. The number of nitrogens with two attached hydrogens (primary N) is 1. The molecule has 3 nitrogen and oxygen atoms in total. The van der Waals surface area contributed by atoms with Crippen molar-refractivity contribution in [3.63, 3.8) is 0 Å². The average Bonchev–Trinajstić information content (AvgIpc) is 2.28. The van der Waals surface area contributed by atoms with Gasteiger partial charge in [-0.15, -0.1) is 0 Å². The molecule has 0 saturated heterocycles. The molecule has 1 rings (SSSR count). The molecule has 0 aliphatic carbocycles. The molecule has 1 aromatic rings. The van der Waals surface area contributed by atoms with Crippen LogP contribution in [0.25, 0.3) is 0 Å². The summed E-state index contributed by atoms with van der Waals surface area (Å²) < 4.78 is 0. The summed E-state index contributed by atoms with van der Waals surface area (Å²) in [5.74, 6) is 0.148. The van der Waals surface area contributed by atoms with Crippen LogP contribution in [0.15, 0.2) is 24.3 Å². The number of hydrogen-bond donors (Lipinski definition) is 1. The predicted molar refractivity (Wildman–Crippen MR) is 72.1 cm³/mol. The fourth-order valence-electron chi connectivity index (χ4n) is 1.66. The van der Waals surface area contributed by atoms with Crippen LogP contribution in [-0.2, 0) is 4.79 Å². The number of anilines is 1. The molecule has 0 spiro atoms. The Labute approximate surface area is 104 Å². The van der Waals surface area contributed by atoms with Crippen LogP contribution >= 0.6 is 0 Å². The molecule has 0 fully saturated rings. The van der Waals surface area contributed by atoms with E-state index in [1.165, 1.54) is 5.56 Å². The van der Waals surface area contributed by atoms with Crippen molar-refractivity contribution in [3.8, 4) is 0 Å². The lowest BCUT2D eigenvalue weighted by atomic mass is 10.1. The van der Waals surface area contributed by atoms with Gasteiger partial charge in [0.25, 0.3) is 0 Å². The summed E-state index contributed by atoms with van der Waals surface area (Å²) in [6, 6.07) is 8.15. The molecule has 0 radical (unpaired) electrons. The van der Waals surface area contributed by atoms with Crippen LogP contribution < -0.4 is 10.6 Å². The maximum atomic E-state index is 11.9. The van der Waals surface area contributed by atoms with Gasteiger partial charge in [0.2, 0.25) is 5.91 Å². The Balaban J connectivity index is 2.49. The lowest BCUT2D eigenvalue weighted by molar-refractivity contribution is -0.118. The SMILES string of the molecule is Cc1ccc(N(C)C(=O)CCCC(C)N)cc1. The third-order valence-corrected chi connectivity index (χ3v) is 2.85. The van der Waals surface area contributed by atoms with E-state index in [1.807, 2.05) is 45.2 Å². The fourth-order valence-corrected chi connectivity index (χ4v) is 1.66. The van der Waals surface area contributed by atoms with Crippen molar-refractivity contribution >= 4 is 11.6 Å². The van der Waals surface area contributed by atoms with E-state index in [4.69, 9.17) is 5.73 Å². The van der Waals surface area contributed by atoms with Gasteiger partial charge in [0.05, 0.1) is 0 Å². The minimum Gasteiger partial charge on any atom is -0.328 e. The predicted octanol–water partition coefficient (Wildman–Crippen LogP) is 2.48. The first-order chi connectivity index (χ1) is 8.00.